The van der Waals surface area contributed by atoms with Crippen molar-refractivity contribution in [2.45, 2.75) is 16.7 Å². The average molecular weight is 346 g/mol. The van der Waals surface area contributed by atoms with Crippen LogP contribution in [0.5, 0.6) is 5.88 Å². The van der Waals surface area contributed by atoms with Gasteiger partial charge in [-0.2, -0.15) is 0 Å². The zero-order valence-electron chi connectivity index (χ0n) is 14.1. The number of rotatable bonds is 4. The van der Waals surface area contributed by atoms with E-state index in [0.717, 1.165) is 27.7 Å². The molecule has 4 heteroatoms. The first kappa shape index (κ1) is 15.8. The van der Waals surface area contributed by atoms with Gasteiger partial charge in [0.05, 0.1) is 7.11 Å². The largest absolute Gasteiger partial charge is 0.480 e. The molecule has 0 amide bonds. The van der Waals surface area contributed by atoms with E-state index in [-0.39, 0.29) is 0 Å². The molecule has 0 spiro atoms. The fraction of sp³-hybridized carbons (Fsp3) is 0.0952. The van der Waals surface area contributed by atoms with Crippen LogP contribution >= 0.6 is 11.8 Å². The molecule has 124 valence electrons. The predicted molar refractivity (Wildman–Crippen MR) is 102 cm³/mol. The Labute approximate surface area is 151 Å². The third kappa shape index (κ3) is 3.13. The third-order valence-corrected chi connectivity index (χ3v) is 5.03. The number of hydrogen-bond acceptors (Lipinski definition) is 3. The number of aromatic nitrogens is 2. The summed E-state index contributed by atoms with van der Waals surface area (Å²) in [5.74, 6) is 0.759. The zero-order chi connectivity index (χ0) is 17.2. The Kier molecular flexibility index (Phi) is 4.20. The summed E-state index contributed by atoms with van der Waals surface area (Å²) in [5, 5.41) is 0. The number of hydrogen-bond donors (Lipinski definition) is 0. The summed E-state index contributed by atoms with van der Waals surface area (Å²) in [4.78, 5) is 7.11. The minimum Gasteiger partial charge on any atom is -0.480 e. The van der Waals surface area contributed by atoms with E-state index in [2.05, 4.69) is 55.6 Å². The summed E-state index contributed by atoms with van der Waals surface area (Å²) in [7, 11) is 1.69. The second-order valence-electron chi connectivity index (χ2n) is 5.84. The Morgan fingerprint density at radius 2 is 1.64 bits per heavy atom. The molecule has 4 rings (SSSR count). The average Bonchev–Trinajstić information content (AvgIpc) is 3.01. The van der Waals surface area contributed by atoms with Crippen LogP contribution in [0.3, 0.4) is 0 Å². The second-order valence-corrected chi connectivity index (χ2v) is 6.99. The topological polar surface area (TPSA) is 26.5 Å². The maximum atomic E-state index is 5.68. The van der Waals surface area contributed by atoms with E-state index in [4.69, 9.17) is 9.72 Å². The van der Waals surface area contributed by atoms with E-state index in [9.17, 15) is 0 Å². The van der Waals surface area contributed by atoms with Gasteiger partial charge in [-0.05, 0) is 31.2 Å². The summed E-state index contributed by atoms with van der Waals surface area (Å²) in [6.07, 6.45) is 2.08. The van der Waals surface area contributed by atoms with E-state index in [1.165, 1.54) is 10.5 Å². The Balaban J connectivity index is 1.78. The first-order valence-electron chi connectivity index (χ1n) is 8.10. The number of benzene rings is 2. The van der Waals surface area contributed by atoms with Crippen LogP contribution in [0, 0.1) is 6.92 Å². The van der Waals surface area contributed by atoms with Crippen molar-refractivity contribution in [1.82, 2.24) is 9.38 Å². The van der Waals surface area contributed by atoms with Crippen LogP contribution in [0.1, 0.15) is 5.56 Å². The van der Waals surface area contributed by atoms with Gasteiger partial charge >= 0.3 is 0 Å². The minimum atomic E-state index is 0.759. The molecule has 0 aliphatic heterocycles. The molecule has 0 saturated heterocycles. The molecule has 0 aliphatic carbocycles. The highest BCUT2D eigenvalue weighted by Gasteiger charge is 2.15. The highest BCUT2D eigenvalue weighted by Crippen LogP contribution is 2.33. The SMILES string of the molecule is COc1c(-c2ccc(C)cc2)nc2ccc(Sc3ccccc3)cn12. The standard InChI is InChI=1S/C21H18N2OS/c1-15-8-10-16(11-9-15)20-21(24-2)23-14-18(12-13-19(23)22-20)25-17-6-4-3-5-7-17/h3-14H,1-2H3. The van der Waals surface area contributed by atoms with Gasteiger partial charge in [-0.3, -0.25) is 4.40 Å². The molecule has 2 heterocycles. The van der Waals surface area contributed by atoms with Crippen molar-refractivity contribution < 1.29 is 4.74 Å². The fourth-order valence-corrected chi connectivity index (χ4v) is 3.64. The van der Waals surface area contributed by atoms with Crippen molar-refractivity contribution in [3.63, 3.8) is 0 Å². The van der Waals surface area contributed by atoms with Crippen molar-refractivity contribution in [2.24, 2.45) is 0 Å². The zero-order valence-corrected chi connectivity index (χ0v) is 15.0. The van der Waals surface area contributed by atoms with E-state index >= 15 is 0 Å². The summed E-state index contributed by atoms with van der Waals surface area (Å²) < 4.78 is 7.69. The van der Waals surface area contributed by atoms with Gasteiger partial charge in [0.1, 0.15) is 11.3 Å². The smallest absolute Gasteiger partial charge is 0.226 e. The van der Waals surface area contributed by atoms with Crippen molar-refractivity contribution in [3.8, 4) is 17.1 Å². The fourth-order valence-electron chi connectivity index (χ4n) is 2.78. The molecule has 0 N–H and O–H groups in total. The molecule has 0 saturated carbocycles. The predicted octanol–water partition coefficient (Wildman–Crippen LogP) is 5.47. The molecule has 2 aromatic carbocycles. The van der Waals surface area contributed by atoms with Crippen LogP contribution in [0.15, 0.2) is 82.7 Å². The van der Waals surface area contributed by atoms with Crippen LogP contribution in [0.2, 0.25) is 0 Å². The molecule has 0 fully saturated rings. The minimum absolute atomic E-state index is 0.759. The van der Waals surface area contributed by atoms with Crippen molar-refractivity contribution in [1.29, 1.82) is 0 Å². The molecule has 4 aromatic rings. The number of fused-ring (bicyclic) bond motifs is 1. The summed E-state index contributed by atoms with van der Waals surface area (Å²) in [5.41, 5.74) is 4.03. The summed E-state index contributed by atoms with van der Waals surface area (Å²) in [6.45, 7) is 2.08. The Morgan fingerprint density at radius 3 is 2.36 bits per heavy atom. The van der Waals surface area contributed by atoms with Gasteiger partial charge in [0.2, 0.25) is 5.88 Å². The molecule has 0 aliphatic rings. The van der Waals surface area contributed by atoms with Gasteiger partial charge < -0.3 is 4.74 Å². The lowest BCUT2D eigenvalue weighted by Gasteiger charge is -2.06. The van der Waals surface area contributed by atoms with E-state index < -0.39 is 0 Å². The van der Waals surface area contributed by atoms with E-state index in [1.807, 2.05) is 28.7 Å². The number of ether oxygens (including phenoxy) is 1. The summed E-state index contributed by atoms with van der Waals surface area (Å²) in [6, 6.07) is 22.8. The van der Waals surface area contributed by atoms with Gasteiger partial charge in [0, 0.05) is 21.6 Å². The summed E-state index contributed by atoms with van der Waals surface area (Å²) >= 11 is 1.72. The number of imidazole rings is 1. The van der Waals surface area contributed by atoms with Crippen LogP contribution < -0.4 is 4.74 Å². The van der Waals surface area contributed by atoms with E-state index in [1.54, 1.807) is 18.9 Å². The monoisotopic (exact) mass is 346 g/mol. The lowest BCUT2D eigenvalue weighted by molar-refractivity contribution is 0.395. The second kappa shape index (κ2) is 6.65. The van der Waals surface area contributed by atoms with Crippen molar-refractivity contribution >= 4 is 17.4 Å². The Morgan fingerprint density at radius 1 is 0.880 bits per heavy atom. The maximum Gasteiger partial charge on any atom is 0.226 e. The molecule has 25 heavy (non-hydrogen) atoms. The first-order valence-corrected chi connectivity index (χ1v) is 8.92. The normalized spacial score (nSPS) is 11.0. The Hall–Kier alpha value is -2.72. The van der Waals surface area contributed by atoms with Crippen LogP contribution in [-0.4, -0.2) is 16.5 Å². The molecule has 3 nitrogen and oxygen atoms in total. The molecule has 0 atom stereocenters. The highest BCUT2D eigenvalue weighted by molar-refractivity contribution is 7.99. The molecular weight excluding hydrogens is 328 g/mol. The van der Waals surface area contributed by atoms with Gasteiger partial charge in [-0.1, -0.05) is 59.8 Å². The van der Waals surface area contributed by atoms with Gasteiger partial charge in [-0.25, -0.2) is 4.98 Å². The van der Waals surface area contributed by atoms with Gasteiger partial charge in [0.25, 0.3) is 0 Å². The molecule has 0 radical (unpaired) electrons. The first-order chi connectivity index (χ1) is 12.2. The van der Waals surface area contributed by atoms with Crippen LogP contribution in [0.4, 0.5) is 0 Å². The molecular formula is C21H18N2OS. The third-order valence-electron chi connectivity index (χ3n) is 4.04. The number of pyridine rings is 1. The van der Waals surface area contributed by atoms with E-state index in [0.29, 0.717) is 0 Å². The van der Waals surface area contributed by atoms with Crippen molar-refractivity contribution in [2.75, 3.05) is 7.11 Å². The van der Waals surface area contributed by atoms with Crippen LogP contribution in [0.25, 0.3) is 16.9 Å². The molecule has 0 unspecified atom stereocenters. The molecule has 0 bridgehead atoms. The number of methoxy groups -OCH3 is 1. The highest BCUT2D eigenvalue weighted by atomic mass is 32.2. The number of aryl methyl sites for hydroxylation is 1. The Bertz CT molecular complexity index is 1010. The van der Waals surface area contributed by atoms with Gasteiger partial charge in [0.15, 0.2) is 0 Å². The quantitative estimate of drug-likeness (QED) is 0.490. The lowest BCUT2D eigenvalue weighted by Crippen LogP contribution is -1.92. The molecule has 2 aromatic heterocycles. The van der Waals surface area contributed by atoms with Crippen LogP contribution in [-0.2, 0) is 0 Å². The van der Waals surface area contributed by atoms with Crippen molar-refractivity contribution in [3.05, 3.63) is 78.5 Å². The number of nitrogens with zero attached hydrogens (tertiary/aromatic N) is 2. The van der Waals surface area contributed by atoms with Gasteiger partial charge in [-0.15, -0.1) is 0 Å². The maximum absolute atomic E-state index is 5.68. The lowest BCUT2D eigenvalue weighted by atomic mass is 10.1.